The van der Waals surface area contributed by atoms with E-state index in [-0.39, 0.29) is 5.56 Å². The molecule has 0 amide bonds. The lowest BCUT2D eigenvalue weighted by molar-refractivity contribution is 0.415. The van der Waals surface area contributed by atoms with Crippen LogP contribution in [0.15, 0.2) is 89.7 Å². The molecule has 3 aromatic carbocycles. The molecule has 6 rings (SSSR count). The maximum Gasteiger partial charge on any atom is 0.259 e. The number of benzene rings is 3. The van der Waals surface area contributed by atoms with E-state index in [2.05, 4.69) is 38.7 Å². The van der Waals surface area contributed by atoms with Gasteiger partial charge in [-0.3, -0.25) is 4.79 Å². The first-order valence-corrected chi connectivity index (χ1v) is 11.8. The predicted molar refractivity (Wildman–Crippen MR) is 144 cm³/mol. The molecule has 0 radical (unpaired) electrons. The minimum atomic E-state index is -0.256. The Morgan fingerprint density at radius 1 is 0.919 bits per heavy atom. The third-order valence-electron chi connectivity index (χ3n) is 6.17. The zero-order valence-electron chi connectivity index (χ0n) is 20.0. The van der Waals surface area contributed by atoms with E-state index in [0.717, 1.165) is 33.1 Å². The Morgan fingerprint density at radius 2 is 1.84 bits per heavy atom. The van der Waals surface area contributed by atoms with Gasteiger partial charge in [0.15, 0.2) is 5.82 Å². The predicted octanol–water partition coefficient (Wildman–Crippen LogP) is 4.96. The summed E-state index contributed by atoms with van der Waals surface area (Å²) in [7, 11) is 1.61. The second kappa shape index (κ2) is 9.50. The molecule has 8 heteroatoms. The number of ether oxygens (including phenoxy) is 1. The van der Waals surface area contributed by atoms with Gasteiger partial charge in [-0.05, 0) is 70.1 Å². The first-order valence-electron chi connectivity index (χ1n) is 11.8. The SMILES string of the molecule is COc1ccc2[nH]c(=O)c(-c3nnnn3Cc3cccc(/C=C/c4ccc5ccccc5n4)c3)cc2c1. The molecular weight excluding hydrogens is 464 g/mol. The number of nitrogens with zero attached hydrogens (tertiary/aromatic N) is 5. The second-order valence-electron chi connectivity index (χ2n) is 8.63. The molecule has 0 aliphatic carbocycles. The summed E-state index contributed by atoms with van der Waals surface area (Å²) in [6.45, 7) is 0.411. The van der Waals surface area contributed by atoms with Crippen LogP contribution in [0.3, 0.4) is 0 Å². The Morgan fingerprint density at radius 3 is 2.76 bits per heavy atom. The van der Waals surface area contributed by atoms with E-state index >= 15 is 0 Å². The van der Waals surface area contributed by atoms with E-state index < -0.39 is 0 Å². The second-order valence-corrected chi connectivity index (χ2v) is 8.63. The van der Waals surface area contributed by atoms with Crippen molar-refractivity contribution < 1.29 is 4.74 Å². The molecule has 0 unspecified atom stereocenters. The molecule has 0 aliphatic rings. The van der Waals surface area contributed by atoms with Crippen molar-refractivity contribution in [1.82, 2.24) is 30.2 Å². The number of para-hydroxylation sites is 1. The first-order chi connectivity index (χ1) is 18.2. The van der Waals surface area contributed by atoms with Crippen LogP contribution in [-0.2, 0) is 6.54 Å². The fourth-order valence-corrected chi connectivity index (χ4v) is 4.31. The van der Waals surface area contributed by atoms with Gasteiger partial charge in [-0.2, -0.15) is 0 Å². The number of pyridine rings is 2. The van der Waals surface area contributed by atoms with Crippen LogP contribution < -0.4 is 10.3 Å². The molecule has 0 aliphatic heterocycles. The van der Waals surface area contributed by atoms with Crippen molar-refractivity contribution in [3.8, 4) is 17.1 Å². The zero-order chi connectivity index (χ0) is 25.2. The number of aromatic nitrogens is 6. The number of methoxy groups -OCH3 is 1. The van der Waals surface area contributed by atoms with Gasteiger partial charge in [0.1, 0.15) is 5.75 Å². The lowest BCUT2D eigenvalue weighted by atomic mass is 10.1. The smallest absolute Gasteiger partial charge is 0.259 e. The molecule has 3 heterocycles. The third kappa shape index (κ3) is 4.60. The van der Waals surface area contributed by atoms with Gasteiger partial charge >= 0.3 is 0 Å². The van der Waals surface area contributed by atoms with Crippen LogP contribution in [0.5, 0.6) is 5.75 Å². The molecule has 8 nitrogen and oxygen atoms in total. The van der Waals surface area contributed by atoms with Crippen molar-refractivity contribution >= 4 is 34.0 Å². The fraction of sp³-hybridized carbons (Fsp3) is 0.0690. The number of nitrogens with one attached hydrogen (secondary N) is 1. The number of hydrogen-bond acceptors (Lipinski definition) is 6. The molecule has 0 saturated carbocycles. The summed E-state index contributed by atoms with van der Waals surface area (Å²) >= 11 is 0. The monoisotopic (exact) mass is 486 g/mol. The highest BCUT2D eigenvalue weighted by Gasteiger charge is 2.15. The van der Waals surface area contributed by atoms with Gasteiger partial charge in [0.2, 0.25) is 0 Å². The summed E-state index contributed by atoms with van der Waals surface area (Å²) in [4.78, 5) is 20.4. The quantitative estimate of drug-likeness (QED) is 0.357. The van der Waals surface area contributed by atoms with E-state index in [0.29, 0.717) is 29.2 Å². The van der Waals surface area contributed by atoms with Gasteiger partial charge in [-0.25, -0.2) is 9.67 Å². The van der Waals surface area contributed by atoms with Crippen molar-refractivity contribution in [2.45, 2.75) is 6.54 Å². The number of tetrazole rings is 1. The van der Waals surface area contributed by atoms with Gasteiger partial charge in [-0.1, -0.05) is 48.5 Å². The Bertz CT molecular complexity index is 1840. The molecule has 0 spiro atoms. The van der Waals surface area contributed by atoms with E-state index in [9.17, 15) is 4.79 Å². The topological polar surface area (TPSA) is 98.6 Å². The normalized spacial score (nSPS) is 11.5. The van der Waals surface area contributed by atoms with E-state index in [1.807, 2.05) is 66.7 Å². The molecule has 3 aromatic heterocycles. The Labute approximate surface area is 211 Å². The fourth-order valence-electron chi connectivity index (χ4n) is 4.31. The number of aromatic amines is 1. The number of fused-ring (bicyclic) bond motifs is 2. The molecule has 180 valence electrons. The maximum atomic E-state index is 12.8. The number of hydrogen-bond donors (Lipinski definition) is 1. The van der Waals surface area contributed by atoms with Gasteiger partial charge in [0, 0.05) is 16.3 Å². The van der Waals surface area contributed by atoms with Crippen LogP contribution in [0.4, 0.5) is 0 Å². The zero-order valence-corrected chi connectivity index (χ0v) is 20.0. The average Bonchev–Trinajstić information content (AvgIpc) is 3.39. The van der Waals surface area contributed by atoms with Crippen LogP contribution in [0.25, 0.3) is 45.3 Å². The molecular formula is C29H22N6O2. The van der Waals surface area contributed by atoms with Crippen LogP contribution in [0.1, 0.15) is 16.8 Å². The maximum absolute atomic E-state index is 12.8. The lowest BCUT2D eigenvalue weighted by Gasteiger charge is -2.07. The Kier molecular flexibility index (Phi) is 5.74. The highest BCUT2D eigenvalue weighted by atomic mass is 16.5. The third-order valence-corrected chi connectivity index (χ3v) is 6.17. The molecule has 37 heavy (non-hydrogen) atoms. The molecule has 1 N–H and O–H groups in total. The first kappa shape index (κ1) is 22.4. The summed E-state index contributed by atoms with van der Waals surface area (Å²) in [6.07, 6.45) is 4.03. The summed E-state index contributed by atoms with van der Waals surface area (Å²) in [5, 5.41) is 14.1. The van der Waals surface area contributed by atoms with Crippen molar-refractivity contribution in [1.29, 1.82) is 0 Å². The molecule has 0 atom stereocenters. The van der Waals surface area contributed by atoms with Crippen LogP contribution in [0.2, 0.25) is 0 Å². The lowest BCUT2D eigenvalue weighted by Crippen LogP contribution is -2.13. The standard InChI is InChI=1S/C29H22N6O2/c1-37-24-13-14-27-22(16-24)17-25(29(36)31-27)28-32-33-34-35(28)18-20-6-4-5-19(15-20)9-11-23-12-10-21-7-2-3-8-26(21)30-23/h2-17H,18H2,1H3,(H,31,36)/b11-9+. The minimum absolute atomic E-state index is 0.256. The Hall–Kier alpha value is -5.11. The van der Waals surface area contributed by atoms with Crippen molar-refractivity contribution in [3.05, 3.63) is 112 Å². The van der Waals surface area contributed by atoms with Crippen LogP contribution in [0, 0.1) is 0 Å². The van der Waals surface area contributed by atoms with Gasteiger partial charge in [0.05, 0.1) is 30.4 Å². The van der Waals surface area contributed by atoms with Gasteiger partial charge < -0.3 is 9.72 Å². The summed E-state index contributed by atoms with van der Waals surface area (Å²) in [6, 6.07) is 27.5. The molecule has 0 fully saturated rings. The van der Waals surface area contributed by atoms with Crippen molar-refractivity contribution in [2.24, 2.45) is 0 Å². The van der Waals surface area contributed by atoms with Crippen LogP contribution >= 0.6 is 0 Å². The summed E-state index contributed by atoms with van der Waals surface area (Å²) in [5.41, 5.74) is 4.73. The van der Waals surface area contributed by atoms with Gasteiger partial charge in [-0.15, -0.1) is 5.10 Å². The minimum Gasteiger partial charge on any atom is -0.497 e. The van der Waals surface area contributed by atoms with E-state index in [1.165, 1.54) is 0 Å². The van der Waals surface area contributed by atoms with Crippen LogP contribution in [-0.4, -0.2) is 37.3 Å². The molecule has 0 saturated heterocycles. The average molecular weight is 487 g/mol. The van der Waals surface area contributed by atoms with Crippen molar-refractivity contribution in [2.75, 3.05) is 7.11 Å². The van der Waals surface area contributed by atoms with E-state index in [4.69, 9.17) is 9.72 Å². The summed E-state index contributed by atoms with van der Waals surface area (Å²) < 4.78 is 6.95. The Balaban J connectivity index is 1.27. The highest BCUT2D eigenvalue weighted by molar-refractivity contribution is 5.84. The molecule has 6 aromatic rings. The summed E-state index contributed by atoms with van der Waals surface area (Å²) in [5.74, 6) is 1.10. The number of rotatable bonds is 6. The molecule has 0 bridgehead atoms. The largest absolute Gasteiger partial charge is 0.497 e. The van der Waals surface area contributed by atoms with Crippen molar-refractivity contribution in [3.63, 3.8) is 0 Å². The number of H-pyrrole nitrogens is 1. The van der Waals surface area contributed by atoms with Gasteiger partial charge in [0.25, 0.3) is 5.56 Å². The highest BCUT2D eigenvalue weighted by Crippen LogP contribution is 2.22. The van der Waals surface area contributed by atoms with E-state index in [1.54, 1.807) is 23.9 Å².